The van der Waals surface area contributed by atoms with Gasteiger partial charge in [-0.2, -0.15) is 0 Å². The number of phenols is 1. The van der Waals surface area contributed by atoms with Crippen LogP contribution in [0.1, 0.15) is 33.6 Å². The van der Waals surface area contributed by atoms with E-state index < -0.39 is 82.1 Å². The first-order chi connectivity index (χ1) is 21.7. The minimum absolute atomic E-state index is 0.151. The van der Waals surface area contributed by atoms with Crippen LogP contribution in [0.4, 0.5) is 10.8 Å². The number of aromatic nitrogens is 1. The van der Waals surface area contributed by atoms with Crippen LogP contribution < -0.4 is 10.6 Å². The molecule has 240 valence electrons. The fourth-order valence-electron chi connectivity index (χ4n) is 7.64. The highest BCUT2D eigenvalue weighted by molar-refractivity contribution is 7.16. The molecule has 6 rings (SSSR count). The van der Waals surface area contributed by atoms with Crippen LogP contribution in [0.3, 0.4) is 0 Å². The summed E-state index contributed by atoms with van der Waals surface area (Å²) in [6.07, 6.45) is -1.67. The van der Waals surface area contributed by atoms with Gasteiger partial charge in [0.25, 0.3) is 0 Å². The van der Waals surface area contributed by atoms with Gasteiger partial charge in [0.1, 0.15) is 5.75 Å². The first-order valence-electron chi connectivity index (χ1n) is 14.9. The average Bonchev–Trinajstić information content (AvgIpc) is 3.39. The molecular weight excluding hydrogens is 612 g/mol. The second-order valence-corrected chi connectivity index (χ2v) is 13.6. The van der Waals surface area contributed by atoms with E-state index in [9.17, 15) is 39.3 Å². The Hall–Kier alpha value is -4.30. The Balaban J connectivity index is 1.42. The molecule has 1 heterocycles. The normalized spacial score (nSPS) is 30.5. The van der Waals surface area contributed by atoms with Gasteiger partial charge in [0.15, 0.2) is 39.8 Å². The van der Waals surface area contributed by atoms with Gasteiger partial charge in [-0.1, -0.05) is 43.3 Å². The zero-order chi connectivity index (χ0) is 33.4. The van der Waals surface area contributed by atoms with Crippen molar-refractivity contribution in [2.45, 2.75) is 37.5 Å². The number of anilines is 2. The van der Waals surface area contributed by atoms with Gasteiger partial charge < -0.3 is 26.0 Å². The molecular formula is C33H34N4O8S. The number of fused-ring (bicyclic) bond motifs is 3. The number of carbonyl (C=O) groups excluding carboxylic acids is 5. The molecule has 1 aromatic heterocycles. The molecule has 12 nitrogen and oxygen atoms in total. The van der Waals surface area contributed by atoms with Crippen molar-refractivity contribution in [3.05, 3.63) is 58.5 Å². The van der Waals surface area contributed by atoms with Crippen LogP contribution in [0.15, 0.2) is 42.5 Å². The highest BCUT2D eigenvalue weighted by atomic mass is 32.1. The summed E-state index contributed by atoms with van der Waals surface area (Å²) in [4.78, 5) is 75.3. The molecule has 2 fully saturated rings. The van der Waals surface area contributed by atoms with E-state index >= 15 is 0 Å². The summed E-state index contributed by atoms with van der Waals surface area (Å²) in [5.74, 6) is -13.0. The second kappa shape index (κ2) is 11.2. The standard InChI is InChI=1S/C33H34N4O8S/c1-13-16-11-12-17(35-32-36-23(14(2)46-32)15-9-7-6-8-10-15)25(38)19(16)26(39)20-18(13)27(40)22-24(37(4)5)28(41)21(31(44)34-3)30(43)33(22,45)29(20)42/h6-13,18,20-22,24,27,38,40,45H,1-5H3,(H,34,44)(H,35,36)/t13-,18+,20?,21?,22+,24-,27-,33-/m0/s1. The maximum Gasteiger partial charge on any atom is 0.238 e. The first kappa shape index (κ1) is 31.7. The number of phenolic OH excluding ortho intramolecular Hbond substituents is 1. The number of thiazole rings is 1. The minimum Gasteiger partial charge on any atom is -0.505 e. The van der Waals surface area contributed by atoms with Gasteiger partial charge >= 0.3 is 0 Å². The predicted molar refractivity (Wildman–Crippen MR) is 168 cm³/mol. The van der Waals surface area contributed by atoms with E-state index in [4.69, 9.17) is 0 Å². The number of carbonyl (C=O) groups is 5. The molecule has 0 spiro atoms. The minimum atomic E-state index is -3.01. The molecule has 1 amide bonds. The number of hydrogen-bond donors (Lipinski definition) is 5. The number of rotatable bonds is 5. The lowest BCUT2D eigenvalue weighted by molar-refractivity contribution is -0.197. The molecule has 2 aromatic carbocycles. The first-order valence-corrected chi connectivity index (χ1v) is 15.7. The van der Waals surface area contributed by atoms with Crippen LogP contribution in [0.5, 0.6) is 5.75 Å². The number of aryl methyl sites for hydroxylation is 1. The Bertz CT molecular complexity index is 1810. The van der Waals surface area contributed by atoms with E-state index in [1.54, 1.807) is 19.1 Å². The number of hydrogen-bond acceptors (Lipinski definition) is 12. The van der Waals surface area contributed by atoms with Crippen molar-refractivity contribution >= 4 is 51.2 Å². The lowest BCUT2D eigenvalue weighted by Crippen LogP contribution is -2.77. The van der Waals surface area contributed by atoms with Gasteiger partial charge in [0.2, 0.25) is 5.91 Å². The molecule has 3 aliphatic rings. The Labute approximate surface area is 268 Å². The largest absolute Gasteiger partial charge is 0.505 e. The van der Waals surface area contributed by atoms with Gasteiger partial charge in [0, 0.05) is 23.4 Å². The van der Waals surface area contributed by atoms with E-state index in [2.05, 4.69) is 15.6 Å². The molecule has 0 aliphatic heterocycles. The number of aliphatic hydroxyl groups is 2. The van der Waals surface area contributed by atoms with Gasteiger partial charge in [-0.25, -0.2) is 4.98 Å². The molecule has 46 heavy (non-hydrogen) atoms. The van der Waals surface area contributed by atoms with Crippen LogP contribution in [-0.2, 0) is 19.2 Å². The van der Waals surface area contributed by atoms with Crippen molar-refractivity contribution in [3.8, 4) is 17.0 Å². The Kier molecular flexibility index (Phi) is 7.71. The third-order valence-electron chi connectivity index (χ3n) is 9.80. The van der Waals surface area contributed by atoms with Gasteiger partial charge in [-0.05, 0) is 38.6 Å². The predicted octanol–water partition coefficient (Wildman–Crippen LogP) is 1.84. The number of amides is 1. The summed E-state index contributed by atoms with van der Waals surface area (Å²) >= 11 is 1.35. The molecule has 0 radical (unpaired) electrons. The maximum atomic E-state index is 14.3. The van der Waals surface area contributed by atoms with Crippen molar-refractivity contribution in [1.82, 2.24) is 15.2 Å². The van der Waals surface area contributed by atoms with E-state index in [0.717, 1.165) is 16.1 Å². The fourth-order valence-corrected chi connectivity index (χ4v) is 8.49. The molecule has 2 saturated carbocycles. The summed E-state index contributed by atoms with van der Waals surface area (Å²) in [5.41, 5.74) is -1.00. The maximum absolute atomic E-state index is 14.3. The third-order valence-corrected chi connectivity index (χ3v) is 10.7. The van der Waals surface area contributed by atoms with Gasteiger partial charge in [-0.15, -0.1) is 11.3 Å². The van der Waals surface area contributed by atoms with Crippen LogP contribution >= 0.6 is 11.3 Å². The molecule has 5 N–H and O–H groups in total. The SMILES string of the molecule is CNC(=O)C1C(=O)[C@@H](N(C)C)[C@@H]2[C@@H](O)[C@H]3C(C(=O)c4c(ccc(Nc5nc(-c6ccccc6)c(C)s5)c4O)[C@@H]3C)C(=O)[C@]2(O)C1=O. The highest BCUT2D eigenvalue weighted by Gasteiger charge is 2.73. The lowest BCUT2D eigenvalue weighted by atomic mass is 9.49. The van der Waals surface area contributed by atoms with Crippen LogP contribution in [0.25, 0.3) is 11.3 Å². The Morgan fingerprint density at radius 2 is 1.72 bits per heavy atom. The van der Waals surface area contributed by atoms with E-state index in [-0.39, 0.29) is 11.3 Å². The number of Topliss-reactive ketones (excluding diaryl/α,β-unsaturated/α-hetero) is 4. The Morgan fingerprint density at radius 3 is 2.35 bits per heavy atom. The van der Waals surface area contributed by atoms with Crippen LogP contribution in [-0.4, -0.2) is 93.1 Å². The van der Waals surface area contributed by atoms with Crippen molar-refractivity contribution in [3.63, 3.8) is 0 Å². The summed E-state index contributed by atoms with van der Waals surface area (Å²) in [6.45, 7) is 3.59. The quantitative estimate of drug-likeness (QED) is 0.201. The molecule has 2 unspecified atom stereocenters. The molecule has 0 bridgehead atoms. The zero-order valence-electron chi connectivity index (χ0n) is 25.8. The molecule has 3 aromatic rings. The zero-order valence-corrected chi connectivity index (χ0v) is 26.6. The molecule has 0 saturated heterocycles. The Morgan fingerprint density at radius 1 is 1.04 bits per heavy atom. The van der Waals surface area contributed by atoms with Crippen molar-refractivity contribution in [2.24, 2.45) is 23.7 Å². The lowest BCUT2D eigenvalue weighted by Gasteiger charge is -2.56. The summed E-state index contributed by atoms with van der Waals surface area (Å²) in [5, 5.41) is 40.9. The van der Waals surface area contributed by atoms with Crippen LogP contribution in [0.2, 0.25) is 0 Å². The monoisotopic (exact) mass is 646 g/mol. The smallest absolute Gasteiger partial charge is 0.238 e. The van der Waals surface area contributed by atoms with Gasteiger partial charge in [-0.3, -0.25) is 28.9 Å². The van der Waals surface area contributed by atoms with E-state index in [1.165, 1.54) is 37.4 Å². The highest BCUT2D eigenvalue weighted by Crippen LogP contribution is 2.55. The number of nitrogens with one attached hydrogen (secondary N) is 2. The molecule has 13 heteroatoms. The number of nitrogens with zero attached hydrogens (tertiary/aromatic N) is 2. The number of likely N-dealkylation sites (N-methyl/N-ethyl adjacent to an activating group) is 1. The van der Waals surface area contributed by atoms with E-state index in [1.807, 2.05) is 37.3 Å². The molecule has 8 atom stereocenters. The second-order valence-electron chi connectivity index (χ2n) is 12.4. The topological polar surface area (TPSA) is 186 Å². The number of aliphatic hydroxyl groups excluding tert-OH is 1. The number of benzene rings is 2. The third kappa shape index (κ3) is 4.37. The summed E-state index contributed by atoms with van der Waals surface area (Å²) < 4.78 is 0. The summed E-state index contributed by atoms with van der Waals surface area (Å²) in [6, 6.07) is 11.4. The van der Waals surface area contributed by atoms with Gasteiger partial charge in [0.05, 0.1) is 40.9 Å². The fraction of sp³-hybridized carbons (Fsp3) is 0.394. The van der Waals surface area contributed by atoms with Crippen molar-refractivity contribution in [2.75, 3.05) is 26.5 Å². The molecule has 3 aliphatic carbocycles. The average molecular weight is 647 g/mol. The summed E-state index contributed by atoms with van der Waals surface area (Å²) in [7, 11) is 4.17. The number of ketones is 4. The van der Waals surface area contributed by atoms with Crippen molar-refractivity contribution < 1.29 is 39.3 Å². The number of aromatic hydroxyl groups is 1. The van der Waals surface area contributed by atoms with Crippen molar-refractivity contribution in [1.29, 1.82) is 0 Å². The van der Waals surface area contributed by atoms with E-state index in [0.29, 0.717) is 10.7 Å². The van der Waals surface area contributed by atoms with Crippen LogP contribution in [0, 0.1) is 30.6 Å².